The maximum atomic E-state index is 12.2. The fraction of sp³-hybridized carbons (Fsp3) is 0.133. The van der Waals surface area contributed by atoms with Gasteiger partial charge in [-0.05, 0) is 36.1 Å². The Bertz CT molecular complexity index is 697. The van der Waals surface area contributed by atoms with Crippen molar-refractivity contribution in [1.29, 1.82) is 0 Å². The number of ketones is 1. The van der Waals surface area contributed by atoms with Gasteiger partial charge in [-0.1, -0.05) is 12.1 Å². The first kappa shape index (κ1) is 12.7. The lowest BCUT2D eigenvalue weighted by atomic mass is 10.1. The first-order chi connectivity index (χ1) is 9.59. The largest absolute Gasteiger partial charge is 0.294 e. The van der Waals surface area contributed by atoms with E-state index in [-0.39, 0.29) is 24.1 Å². The molecule has 2 aromatic rings. The standard InChI is InChI=1S/C15H11NO3S/c1-9(17)13-10(6-7-20-13)8-16-14(18)11-4-2-3-5-12(11)15(16)19/h2-7H,8H2,1H3. The van der Waals surface area contributed by atoms with E-state index in [2.05, 4.69) is 0 Å². The normalized spacial score (nSPS) is 13.8. The maximum absolute atomic E-state index is 12.2. The highest BCUT2D eigenvalue weighted by atomic mass is 32.1. The highest BCUT2D eigenvalue weighted by Crippen LogP contribution is 2.26. The van der Waals surface area contributed by atoms with Gasteiger partial charge in [0.05, 0.1) is 22.5 Å². The second kappa shape index (κ2) is 4.68. The van der Waals surface area contributed by atoms with E-state index in [4.69, 9.17) is 0 Å². The SMILES string of the molecule is CC(=O)c1sccc1CN1C(=O)c2ccccc2C1=O. The minimum Gasteiger partial charge on any atom is -0.294 e. The fourth-order valence-electron chi connectivity index (χ4n) is 2.32. The average molecular weight is 285 g/mol. The van der Waals surface area contributed by atoms with Crippen LogP contribution >= 0.6 is 11.3 Å². The molecular formula is C15H11NO3S. The third-order valence-electron chi connectivity index (χ3n) is 3.27. The zero-order valence-electron chi connectivity index (χ0n) is 10.8. The Morgan fingerprint density at radius 2 is 1.70 bits per heavy atom. The molecule has 100 valence electrons. The summed E-state index contributed by atoms with van der Waals surface area (Å²) in [5, 5.41) is 1.80. The Balaban J connectivity index is 1.94. The number of thiophene rings is 1. The van der Waals surface area contributed by atoms with Gasteiger partial charge in [0.25, 0.3) is 11.8 Å². The van der Waals surface area contributed by atoms with Crippen molar-refractivity contribution in [3.63, 3.8) is 0 Å². The molecule has 20 heavy (non-hydrogen) atoms. The summed E-state index contributed by atoms with van der Waals surface area (Å²) in [4.78, 5) is 37.8. The van der Waals surface area contributed by atoms with Crippen LogP contribution in [0.2, 0.25) is 0 Å². The number of hydrogen-bond donors (Lipinski definition) is 0. The predicted molar refractivity (Wildman–Crippen MR) is 75.0 cm³/mol. The number of imide groups is 1. The van der Waals surface area contributed by atoms with Crippen LogP contribution in [0.3, 0.4) is 0 Å². The third kappa shape index (κ3) is 1.87. The van der Waals surface area contributed by atoms with Gasteiger partial charge in [0, 0.05) is 0 Å². The van der Waals surface area contributed by atoms with Crippen LogP contribution in [0.25, 0.3) is 0 Å². The molecule has 0 saturated carbocycles. The molecule has 0 N–H and O–H groups in total. The van der Waals surface area contributed by atoms with Crippen molar-refractivity contribution >= 4 is 28.9 Å². The number of amides is 2. The van der Waals surface area contributed by atoms with Crippen molar-refractivity contribution in [3.05, 3.63) is 57.3 Å². The molecule has 1 aliphatic rings. The molecule has 0 aliphatic carbocycles. The number of nitrogens with zero attached hydrogens (tertiary/aromatic N) is 1. The Kier molecular flexibility index (Phi) is 2.99. The molecule has 0 atom stereocenters. The number of carbonyl (C=O) groups is 3. The first-order valence-electron chi connectivity index (χ1n) is 6.12. The number of benzene rings is 1. The molecule has 0 bridgehead atoms. The average Bonchev–Trinajstić information content (AvgIpc) is 2.99. The van der Waals surface area contributed by atoms with E-state index in [0.29, 0.717) is 16.0 Å². The summed E-state index contributed by atoms with van der Waals surface area (Å²) in [6.45, 7) is 1.63. The molecule has 3 rings (SSSR count). The molecule has 5 heteroatoms. The Hall–Kier alpha value is -2.27. The van der Waals surface area contributed by atoms with Crippen LogP contribution in [-0.2, 0) is 6.54 Å². The van der Waals surface area contributed by atoms with Crippen molar-refractivity contribution in [2.24, 2.45) is 0 Å². The molecular weight excluding hydrogens is 274 g/mol. The summed E-state index contributed by atoms with van der Waals surface area (Å²) >= 11 is 1.33. The first-order valence-corrected chi connectivity index (χ1v) is 7.00. The van der Waals surface area contributed by atoms with Gasteiger partial charge in [0.1, 0.15) is 0 Å². The predicted octanol–water partition coefficient (Wildman–Crippen LogP) is 2.75. The summed E-state index contributed by atoms with van der Waals surface area (Å²) in [7, 11) is 0. The van der Waals surface area contributed by atoms with E-state index in [1.54, 1.807) is 35.7 Å². The summed E-state index contributed by atoms with van der Waals surface area (Å²) in [6, 6.07) is 8.55. The van der Waals surface area contributed by atoms with Crippen molar-refractivity contribution in [3.8, 4) is 0 Å². The van der Waals surface area contributed by atoms with Gasteiger partial charge in [-0.3, -0.25) is 19.3 Å². The zero-order valence-corrected chi connectivity index (χ0v) is 11.6. The minimum absolute atomic E-state index is 0.0494. The lowest BCUT2D eigenvalue weighted by Crippen LogP contribution is -2.29. The smallest absolute Gasteiger partial charge is 0.261 e. The van der Waals surface area contributed by atoms with E-state index in [0.717, 1.165) is 5.56 Å². The Labute approximate surface area is 119 Å². The van der Waals surface area contributed by atoms with E-state index in [9.17, 15) is 14.4 Å². The molecule has 2 amide bonds. The molecule has 0 saturated heterocycles. The second-order valence-corrected chi connectivity index (χ2v) is 5.49. The summed E-state index contributed by atoms with van der Waals surface area (Å²) in [5.41, 5.74) is 1.58. The molecule has 0 unspecified atom stereocenters. The van der Waals surface area contributed by atoms with E-state index in [1.165, 1.54) is 23.2 Å². The van der Waals surface area contributed by atoms with Crippen molar-refractivity contribution in [2.75, 3.05) is 0 Å². The fourth-order valence-corrected chi connectivity index (χ4v) is 3.14. The van der Waals surface area contributed by atoms with E-state index >= 15 is 0 Å². The zero-order chi connectivity index (χ0) is 14.3. The van der Waals surface area contributed by atoms with Gasteiger partial charge in [-0.25, -0.2) is 0 Å². The van der Waals surface area contributed by atoms with Gasteiger partial charge in [0.15, 0.2) is 5.78 Å². The van der Waals surface area contributed by atoms with Crippen LogP contribution in [0.1, 0.15) is 42.9 Å². The molecule has 4 nitrogen and oxygen atoms in total. The van der Waals surface area contributed by atoms with Crippen LogP contribution in [0.15, 0.2) is 35.7 Å². The van der Waals surface area contributed by atoms with Gasteiger partial charge >= 0.3 is 0 Å². The second-order valence-electron chi connectivity index (χ2n) is 4.57. The van der Waals surface area contributed by atoms with Gasteiger partial charge in [-0.2, -0.15) is 0 Å². The molecule has 0 spiro atoms. The summed E-state index contributed by atoms with van der Waals surface area (Å²) < 4.78 is 0. The van der Waals surface area contributed by atoms with Crippen LogP contribution in [0.4, 0.5) is 0 Å². The number of carbonyl (C=O) groups excluding carboxylic acids is 3. The molecule has 0 fully saturated rings. The third-order valence-corrected chi connectivity index (χ3v) is 4.33. The monoisotopic (exact) mass is 285 g/mol. The van der Waals surface area contributed by atoms with Crippen molar-refractivity contribution < 1.29 is 14.4 Å². The molecule has 1 aliphatic heterocycles. The van der Waals surface area contributed by atoms with Crippen LogP contribution < -0.4 is 0 Å². The van der Waals surface area contributed by atoms with Gasteiger partial charge < -0.3 is 0 Å². The molecule has 2 heterocycles. The van der Waals surface area contributed by atoms with Crippen LogP contribution in [0.5, 0.6) is 0 Å². The number of rotatable bonds is 3. The number of hydrogen-bond acceptors (Lipinski definition) is 4. The molecule has 1 aromatic carbocycles. The Morgan fingerprint density at radius 1 is 1.10 bits per heavy atom. The topological polar surface area (TPSA) is 54.5 Å². The van der Waals surface area contributed by atoms with Crippen molar-refractivity contribution in [1.82, 2.24) is 4.90 Å². The summed E-state index contributed by atoms with van der Waals surface area (Å²) in [6.07, 6.45) is 0. The number of fused-ring (bicyclic) bond motifs is 1. The van der Waals surface area contributed by atoms with Gasteiger partial charge in [0.2, 0.25) is 0 Å². The highest BCUT2D eigenvalue weighted by Gasteiger charge is 2.35. The van der Waals surface area contributed by atoms with Crippen LogP contribution in [0, 0.1) is 0 Å². The lowest BCUT2D eigenvalue weighted by Gasteiger charge is -2.13. The van der Waals surface area contributed by atoms with Gasteiger partial charge in [-0.15, -0.1) is 11.3 Å². The molecule has 0 radical (unpaired) electrons. The minimum atomic E-state index is -0.300. The van der Waals surface area contributed by atoms with Crippen LogP contribution in [-0.4, -0.2) is 22.5 Å². The van der Waals surface area contributed by atoms with E-state index < -0.39 is 0 Å². The Morgan fingerprint density at radius 3 is 2.25 bits per heavy atom. The highest BCUT2D eigenvalue weighted by molar-refractivity contribution is 7.12. The number of Topliss-reactive ketones (excluding diaryl/α,β-unsaturated/α-hetero) is 1. The maximum Gasteiger partial charge on any atom is 0.261 e. The van der Waals surface area contributed by atoms with E-state index in [1.807, 2.05) is 0 Å². The lowest BCUT2D eigenvalue weighted by molar-refractivity contribution is 0.0640. The molecule has 1 aromatic heterocycles. The van der Waals surface area contributed by atoms with Crippen molar-refractivity contribution in [2.45, 2.75) is 13.5 Å². The quantitative estimate of drug-likeness (QED) is 0.643. The summed E-state index contributed by atoms with van der Waals surface area (Å²) in [5.74, 6) is -0.649.